The van der Waals surface area contributed by atoms with Crippen LogP contribution in [0.4, 0.5) is 0 Å². The van der Waals surface area contributed by atoms with Gasteiger partial charge in [-0.3, -0.25) is 0 Å². The molecule has 2 aromatic rings. The summed E-state index contributed by atoms with van der Waals surface area (Å²) in [6.45, 7) is 13.1. The van der Waals surface area contributed by atoms with Crippen LogP contribution in [0.3, 0.4) is 0 Å². The van der Waals surface area contributed by atoms with Crippen LogP contribution in [0.2, 0.25) is 0 Å². The Hall–Kier alpha value is -1.70. The third kappa shape index (κ3) is 3.24. The van der Waals surface area contributed by atoms with Crippen molar-refractivity contribution < 1.29 is 0 Å². The molecule has 2 nitrogen and oxygen atoms in total. The summed E-state index contributed by atoms with van der Waals surface area (Å²) in [6.07, 6.45) is 3.83. The van der Waals surface area contributed by atoms with Gasteiger partial charge in [-0.1, -0.05) is 65.8 Å². The molecule has 1 aromatic heterocycles. The highest BCUT2D eigenvalue weighted by atomic mass is 14.9. The predicted octanol–water partition coefficient (Wildman–Crippen LogP) is 4.74. The van der Waals surface area contributed by atoms with Crippen LogP contribution in [0.5, 0.6) is 0 Å². The van der Waals surface area contributed by atoms with Crippen molar-refractivity contribution in [1.29, 1.82) is 0 Å². The lowest BCUT2D eigenvalue weighted by molar-refractivity contribution is 0.545. The first-order valence-corrected chi connectivity index (χ1v) is 7.11. The number of benzene rings is 1. The van der Waals surface area contributed by atoms with Crippen LogP contribution in [0, 0.1) is 0 Å². The van der Waals surface area contributed by atoms with Crippen LogP contribution < -0.4 is 0 Å². The second-order valence-electron chi connectivity index (χ2n) is 7.37. The topological polar surface area (TPSA) is 25.8 Å². The van der Waals surface area contributed by atoms with Crippen LogP contribution in [0.15, 0.2) is 36.7 Å². The van der Waals surface area contributed by atoms with E-state index in [0.29, 0.717) is 0 Å². The van der Waals surface area contributed by atoms with Gasteiger partial charge in [0.15, 0.2) is 0 Å². The van der Waals surface area contributed by atoms with Crippen molar-refractivity contribution in [3.8, 4) is 11.1 Å². The molecule has 1 aromatic carbocycles. The fourth-order valence-corrected chi connectivity index (χ4v) is 2.03. The molecular weight excluding hydrogens is 244 g/mol. The largest absolute Gasteiger partial charge is 0.240 e. The lowest BCUT2D eigenvalue weighted by atomic mass is 9.86. The quantitative estimate of drug-likeness (QED) is 0.746. The smallest absolute Gasteiger partial charge is 0.133 e. The molecule has 0 saturated carbocycles. The highest BCUT2D eigenvalue weighted by Gasteiger charge is 2.17. The minimum absolute atomic E-state index is 0.00534. The second kappa shape index (κ2) is 5.01. The lowest BCUT2D eigenvalue weighted by Crippen LogP contribution is -2.15. The summed E-state index contributed by atoms with van der Waals surface area (Å²) in [6, 6.07) is 8.67. The number of nitrogens with zero attached hydrogens (tertiary/aromatic N) is 2. The van der Waals surface area contributed by atoms with Gasteiger partial charge in [0.2, 0.25) is 0 Å². The molecule has 0 aliphatic carbocycles. The number of hydrogen-bond acceptors (Lipinski definition) is 2. The minimum atomic E-state index is -0.00534. The Bertz CT molecular complexity index is 511. The van der Waals surface area contributed by atoms with Crippen LogP contribution in [-0.4, -0.2) is 9.97 Å². The molecule has 0 atom stereocenters. The maximum Gasteiger partial charge on any atom is 0.133 e. The van der Waals surface area contributed by atoms with E-state index in [-0.39, 0.29) is 10.8 Å². The molecule has 0 bridgehead atoms. The molecule has 0 N–H and O–H groups in total. The standard InChI is InChI=1S/C18H24N2/c1-17(2,3)15-9-7-13(8-10-15)14-11-19-16(20-12-14)18(4,5)6/h7-12H,1-6H3. The average molecular weight is 268 g/mol. The van der Waals surface area contributed by atoms with Crippen molar-refractivity contribution in [3.63, 3.8) is 0 Å². The van der Waals surface area contributed by atoms with Crippen LogP contribution in [0.25, 0.3) is 11.1 Å². The zero-order valence-electron chi connectivity index (χ0n) is 13.4. The Morgan fingerprint density at radius 2 is 1.15 bits per heavy atom. The molecule has 0 amide bonds. The van der Waals surface area contributed by atoms with E-state index in [0.717, 1.165) is 11.4 Å². The maximum absolute atomic E-state index is 4.49. The highest BCUT2D eigenvalue weighted by Crippen LogP contribution is 2.26. The van der Waals surface area contributed by atoms with Gasteiger partial charge in [-0.15, -0.1) is 0 Å². The van der Waals surface area contributed by atoms with Crippen LogP contribution in [-0.2, 0) is 10.8 Å². The van der Waals surface area contributed by atoms with E-state index in [1.807, 2.05) is 12.4 Å². The molecule has 2 rings (SSSR count). The fourth-order valence-electron chi connectivity index (χ4n) is 2.03. The Morgan fingerprint density at radius 3 is 1.55 bits per heavy atom. The van der Waals surface area contributed by atoms with Gasteiger partial charge < -0.3 is 0 Å². The van der Waals surface area contributed by atoms with Gasteiger partial charge in [0.05, 0.1) is 0 Å². The van der Waals surface area contributed by atoms with Crippen molar-refractivity contribution in [2.24, 2.45) is 0 Å². The van der Waals surface area contributed by atoms with Gasteiger partial charge in [-0.2, -0.15) is 0 Å². The maximum atomic E-state index is 4.49. The van der Waals surface area contributed by atoms with Crippen molar-refractivity contribution in [3.05, 3.63) is 48.0 Å². The third-order valence-electron chi connectivity index (χ3n) is 3.41. The molecule has 0 spiro atoms. The molecule has 0 radical (unpaired) electrons. The minimum Gasteiger partial charge on any atom is -0.240 e. The Balaban J connectivity index is 2.29. The zero-order valence-corrected chi connectivity index (χ0v) is 13.4. The van der Waals surface area contributed by atoms with E-state index in [1.165, 1.54) is 11.1 Å². The van der Waals surface area contributed by atoms with Crippen LogP contribution in [0.1, 0.15) is 52.9 Å². The normalized spacial score (nSPS) is 12.5. The van der Waals surface area contributed by atoms with E-state index in [9.17, 15) is 0 Å². The zero-order chi connectivity index (χ0) is 15.0. The number of rotatable bonds is 1. The van der Waals surface area contributed by atoms with Crippen molar-refractivity contribution in [1.82, 2.24) is 9.97 Å². The first kappa shape index (κ1) is 14.7. The van der Waals surface area contributed by atoms with Crippen molar-refractivity contribution >= 4 is 0 Å². The SMILES string of the molecule is CC(C)(C)c1ccc(-c2cnc(C(C)(C)C)nc2)cc1. The lowest BCUT2D eigenvalue weighted by Gasteiger charge is -2.19. The summed E-state index contributed by atoms with van der Waals surface area (Å²) >= 11 is 0. The molecule has 106 valence electrons. The summed E-state index contributed by atoms with van der Waals surface area (Å²) in [4.78, 5) is 8.97. The second-order valence-corrected chi connectivity index (χ2v) is 7.37. The summed E-state index contributed by atoms with van der Waals surface area (Å²) in [5, 5.41) is 0. The molecule has 20 heavy (non-hydrogen) atoms. The molecular formula is C18H24N2. The summed E-state index contributed by atoms with van der Waals surface area (Å²) in [5.41, 5.74) is 3.75. The molecule has 0 saturated heterocycles. The summed E-state index contributed by atoms with van der Waals surface area (Å²) in [7, 11) is 0. The van der Waals surface area contributed by atoms with Gasteiger partial charge >= 0.3 is 0 Å². The van der Waals surface area contributed by atoms with Crippen molar-refractivity contribution in [2.45, 2.75) is 52.4 Å². The monoisotopic (exact) mass is 268 g/mol. The molecule has 1 heterocycles. The van der Waals surface area contributed by atoms with Gasteiger partial charge in [-0.25, -0.2) is 9.97 Å². The Labute approximate surface area is 122 Å². The highest BCUT2D eigenvalue weighted by molar-refractivity contribution is 5.62. The van der Waals surface area contributed by atoms with E-state index in [1.54, 1.807) is 0 Å². The molecule has 2 heteroatoms. The average Bonchev–Trinajstić information content (AvgIpc) is 2.37. The van der Waals surface area contributed by atoms with Gasteiger partial charge in [-0.05, 0) is 16.5 Å². The van der Waals surface area contributed by atoms with Gasteiger partial charge in [0.25, 0.3) is 0 Å². The van der Waals surface area contributed by atoms with Crippen LogP contribution >= 0.6 is 0 Å². The molecule has 0 unspecified atom stereocenters. The Morgan fingerprint density at radius 1 is 0.650 bits per heavy atom. The van der Waals surface area contributed by atoms with E-state index in [4.69, 9.17) is 0 Å². The van der Waals surface area contributed by atoms with Crippen molar-refractivity contribution in [2.75, 3.05) is 0 Å². The molecule has 0 aliphatic heterocycles. The summed E-state index contributed by atoms with van der Waals surface area (Å²) in [5.74, 6) is 0.882. The third-order valence-corrected chi connectivity index (χ3v) is 3.41. The molecule has 0 fully saturated rings. The first-order chi connectivity index (χ1) is 9.18. The fraction of sp³-hybridized carbons (Fsp3) is 0.444. The number of hydrogen-bond donors (Lipinski definition) is 0. The molecule has 0 aliphatic rings. The Kier molecular flexibility index (Phi) is 3.68. The predicted molar refractivity (Wildman–Crippen MR) is 84.9 cm³/mol. The summed E-state index contributed by atoms with van der Waals surface area (Å²) < 4.78 is 0. The van der Waals surface area contributed by atoms with Gasteiger partial charge in [0, 0.05) is 23.4 Å². The van der Waals surface area contributed by atoms with E-state index < -0.39 is 0 Å². The van der Waals surface area contributed by atoms with Gasteiger partial charge in [0.1, 0.15) is 5.82 Å². The number of aromatic nitrogens is 2. The van der Waals surface area contributed by atoms with E-state index in [2.05, 4.69) is 75.8 Å². The van der Waals surface area contributed by atoms with E-state index >= 15 is 0 Å². The first-order valence-electron chi connectivity index (χ1n) is 7.11.